The van der Waals surface area contributed by atoms with Crippen LogP contribution in [0.25, 0.3) is 0 Å². The molecule has 2 fully saturated rings. The maximum absolute atomic E-state index is 12.5. The SMILES string of the molecule is O=S(=O)(c1ccc(Cl)s1)N1C2CCC1COC2. The molecule has 1 aromatic rings. The summed E-state index contributed by atoms with van der Waals surface area (Å²) in [6, 6.07) is 3.21. The molecule has 2 atom stereocenters. The van der Waals surface area contributed by atoms with E-state index in [9.17, 15) is 8.42 Å². The van der Waals surface area contributed by atoms with Gasteiger partial charge in [0.15, 0.2) is 0 Å². The summed E-state index contributed by atoms with van der Waals surface area (Å²) in [6.45, 7) is 1.02. The van der Waals surface area contributed by atoms with Gasteiger partial charge >= 0.3 is 0 Å². The summed E-state index contributed by atoms with van der Waals surface area (Å²) in [5.41, 5.74) is 0. The first kappa shape index (κ1) is 11.9. The average Bonchev–Trinajstić information content (AvgIpc) is 2.82. The lowest BCUT2D eigenvalue weighted by Gasteiger charge is -2.32. The topological polar surface area (TPSA) is 46.6 Å². The number of morpholine rings is 1. The summed E-state index contributed by atoms with van der Waals surface area (Å²) >= 11 is 6.92. The molecular formula is C10H12ClNO3S2. The van der Waals surface area contributed by atoms with E-state index in [-0.39, 0.29) is 12.1 Å². The second kappa shape index (κ2) is 4.20. The number of rotatable bonds is 2. The first-order chi connectivity index (χ1) is 8.09. The van der Waals surface area contributed by atoms with Gasteiger partial charge < -0.3 is 4.74 Å². The Hall–Kier alpha value is -0.140. The van der Waals surface area contributed by atoms with Crippen LogP contribution in [0.5, 0.6) is 0 Å². The number of hydrogen-bond donors (Lipinski definition) is 0. The number of thiophene rings is 1. The fourth-order valence-electron chi connectivity index (χ4n) is 2.52. The molecule has 0 aliphatic carbocycles. The molecule has 0 radical (unpaired) electrons. The van der Waals surface area contributed by atoms with Crippen LogP contribution in [0, 0.1) is 0 Å². The maximum atomic E-state index is 12.5. The van der Waals surface area contributed by atoms with E-state index in [1.54, 1.807) is 16.4 Å². The van der Waals surface area contributed by atoms with Crippen LogP contribution < -0.4 is 0 Å². The zero-order valence-electron chi connectivity index (χ0n) is 9.00. The Bertz CT molecular complexity index is 511. The average molecular weight is 294 g/mol. The van der Waals surface area contributed by atoms with Crippen LogP contribution in [0.4, 0.5) is 0 Å². The molecule has 0 N–H and O–H groups in total. The fourth-order valence-corrected chi connectivity index (χ4v) is 5.95. The Morgan fingerprint density at radius 1 is 1.29 bits per heavy atom. The Balaban J connectivity index is 1.98. The van der Waals surface area contributed by atoms with Crippen LogP contribution in [0.3, 0.4) is 0 Å². The molecule has 17 heavy (non-hydrogen) atoms. The molecule has 2 bridgehead atoms. The minimum atomic E-state index is -3.39. The van der Waals surface area contributed by atoms with E-state index >= 15 is 0 Å². The molecule has 94 valence electrons. The van der Waals surface area contributed by atoms with Crippen LogP contribution in [-0.2, 0) is 14.8 Å². The van der Waals surface area contributed by atoms with Gasteiger partial charge in [0.2, 0.25) is 0 Å². The third-order valence-corrected chi connectivity index (χ3v) is 6.96. The maximum Gasteiger partial charge on any atom is 0.253 e. The molecular weight excluding hydrogens is 282 g/mol. The van der Waals surface area contributed by atoms with Gasteiger partial charge in [-0.25, -0.2) is 8.42 Å². The van der Waals surface area contributed by atoms with E-state index in [4.69, 9.17) is 16.3 Å². The lowest BCUT2D eigenvalue weighted by atomic mass is 10.2. The zero-order chi connectivity index (χ0) is 12.0. The summed E-state index contributed by atoms with van der Waals surface area (Å²) in [4.78, 5) is 0. The number of hydrogen-bond acceptors (Lipinski definition) is 4. The third kappa shape index (κ3) is 1.92. The molecule has 0 amide bonds. The predicted octanol–water partition coefficient (Wildman–Crippen LogP) is 1.95. The van der Waals surface area contributed by atoms with Crippen LogP contribution in [0.15, 0.2) is 16.3 Å². The van der Waals surface area contributed by atoms with Gasteiger partial charge in [0, 0.05) is 12.1 Å². The zero-order valence-corrected chi connectivity index (χ0v) is 11.4. The summed E-state index contributed by atoms with van der Waals surface area (Å²) in [5, 5.41) is 0. The molecule has 3 heterocycles. The second-order valence-electron chi connectivity index (χ2n) is 4.32. The molecule has 2 unspecified atom stereocenters. The monoisotopic (exact) mass is 293 g/mol. The van der Waals surface area contributed by atoms with Crippen molar-refractivity contribution in [3.8, 4) is 0 Å². The number of ether oxygens (including phenoxy) is 1. The first-order valence-corrected chi connectivity index (χ1v) is 8.09. The summed E-state index contributed by atoms with van der Waals surface area (Å²) in [5.74, 6) is 0. The summed E-state index contributed by atoms with van der Waals surface area (Å²) in [6.07, 6.45) is 1.78. The Labute approximate surface area is 109 Å². The quantitative estimate of drug-likeness (QED) is 0.837. The van der Waals surface area contributed by atoms with Gasteiger partial charge in [-0.3, -0.25) is 0 Å². The van der Waals surface area contributed by atoms with Gasteiger partial charge in [-0.05, 0) is 25.0 Å². The second-order valence-corrected chi connectivity index (χ2v) is 8.10. The fraction of sp³-hybridized carbons (Fsp3) is 0.600. The van der Waals surface area contributed by atoms with Crippen LogP contribution in [0.2, 0.25) is 4.34 Å². The number of fused-ring (bicyclic) bond motifs is 2. The first-order valence-electron chi connectivity index (χ1n) is 5.45. The van der Waals surface area contributed by atoms with E-state index in [2.05, 4.69) is 0 Å². The minimum absolute atomic E-state index is 0.000347. The smallest absolute Gasteiger partial charge is 0.253 e. The highest BCUT2D eigenvalue weighted by Gasteiger charge is 2.45. The van der Waals surface area contributed by atoms with E-state index in [0.29, 0.717) is 21.8 Å². The minimum Gasteiger partial charge on any atom is -0.378 e. The van der Waals surface area contributed by atoms with Gasteiger partial charge in [-0.1, -0.05) is 11.6 Å². The van der Waals surface area contributed by atoms with E-state index in [0.717, 1.165) is 24.2 Å². The van der Waals surface area contributed by atoms with Crippen molar-refractivity contribution in [2.24, 2.45) is 0 Å². The largest absolute Gasteiger partial charge is 0.378 e. The molecule has 3 rings (SSSR count). The van der Waals surface area contributed by atoms with Gasteiger partial charge in [0.05, 0.1) is 17.6 Å². The molecule has 2 aliphatic heterocycles. The number of sulfonamides is 1. The van der Waals surface area contributed by atoms with Gasteiger partial charge in [-0.2, -0.15) is 4.31 Å². The van der Waals surface area contributed by atoms with Crippen LogP contribution in [-0.4, -0.2) is 38.0 Å². The lowest BCUT2D eigenvalue weighted by Crippen LogP contribution is -2.48. The molecule has 1 aromatic heterocycles. The van der Waals surface area contributed by atoms with E-state index in [1.807, 2.05) is 0 Å². The number of nitrogens with zero attached hydrogens (tertiary/aromatic N) is 1. The summed E-state index contributed by atoms with van der Waals surface area (Å²) < 4.78 is 32.8. The summed E-state index contributed by atoms with van der Waals surface area (Å²) in [7, 11) is -3.39. The van der Waals surface area contributed by atoms with Crippen molar-refractivity contribution in [1.29, 1.82) is 0 Å². The highest BCUT2D eigenvalue weighted by Crippen LogP contribution is 2.37. The highest BCUT2D eigenvalue weighted by molar-refractivity contribution is 7.91. The highest BCUT2D eigenvalue weighted by atomic mass is 35.5. The molecule has 2 aliphatic rings. The normalized spacial score (nSPS) is 29.7. The Morgan fingerprint density at radius 2 is 1.94 bits per heavy atom. The van der Waals surface area contributed by atoms with E-state index in [1.165, 1.54) is 0 Å². The number of halogens is 1. The standard InChI is InChI=1S/C10H12ClNO3S2/c11-9-3-4-10(16-9)17(13,14)12-7-1-2-8(12)6-15-5-7/h3-4,7-8H,1-2,5-6H2. The van der Waals surface area contributed by atoms with Crippen molar-refractivity contribution in [3.63, 3.8) is 0 Å². The molecule has 0 saturated carbocycles. The van der Waals surface area contributed by atoms with Crippen molar-refractivity contribution < 1.29 is 13.2 Å². The van der Waals surface area contributed by atoms with Crippen molar-refractivity contribution in [2.45, 2.75) is 29.1 Å². The molecule has 4 nitrogen and oxygen atoms in total. The van der Waals surface area contributed by atoms with Crippen molar-refractivity contribution in [2.75, 3.05) is 13.2 Å². The molecule has 7 heteroatoms. The lowest BCUT2D eigenvalue weighted by molar-refractivity contribution is 0.0270. The Kier molecular flexibility index (Phi) is 2.95. The third-order valence-electron chi connectivity index (χ3n) is 3.25. The van der Waals surface area contributed by atoms with Crippen LogP contribution in [0.1, 0.15) is 12.8 Å². The Morgan fingerprint density at radius 3 is 2.47 bits per heavy atom. The van der Waals surface area contributed by atoms with Crippen molar-refractivity contribution in [3.05, 3.63) is 16.5 Å². The van der Waals surface area contributed by atoms with Gasteiger partial charge in [0.1, 0.15) is 4.21 Å². The molecule has 2 saturated heterocycles. The van der Waals surface area contributed by atoms with Crippen LogP contribution >= 0.6 is 22.9 Å². The predicted molar refractivity (Wildman–Crippen MR) is 66.0 cm³/mol. The van der Waals surface area contributed by atoms with Gasteiger partial charge in [-0.15, -0.1) is 11.3 Å². The molecule has 0 aromatic carbocycles. The van der Waals surface area contributed by atoms with Crippen molar-refractivity contribution in [1.82, 2.24) is 4.31 Å². The van der Waals surface area contributed by atoms with Gasteiger partial charge in [0.25, 0.3) is 10.0 Å². The van der Waals surface area contributed by atoms with E-state index < -0.39 is 10.0 Å². The molecule has 0 spiro atoms. The van der Waals surface area contributed by atoms with Crippen molar-refractivity contribution >= 4 is 33.0 Å².